The van der Waals surface area contributed by atoms with Crippen LogP contribution in [0.25, 0.3) is 11.3 Å². The molecule has 1 heterocycles. The van der Waals surface area contributed by atoms with E-state index in [1.165, 1.54) is 35.6 Å². The van der Waals surface area contributed by atoms with Crippen LogP contribution in [0.4, 0.5) is 10.1 Å². The van der Waals surface area contributed by atoms with Crippen molar-refractivity contribution in [3.63, 3.8) is 0 Å². The van der Waals surface area contributed by atoms with E-state index in [4.69, 9.17) is 16.7 Å². The predicted molar refractivity (Wildman–Crippen MR) is 96.7 cm³/mol. The Hall–Kier alpha value is -2.00. The Morgan fingerprint density at radius 1 is 1.20 bits per heavy atom. The van der Waals surface area contributed by atoms with Crippen molar-refractivity contribution in [2.75, 3.05) is 0 Å². The zero-order valence-corrected chi connectivity index (χ0v) is 15.4. The second kappa shape index (κ2) is 6.72. The average Bonchev–Trinajstić information content (AvgIpc) is 2.90. The highest BCUT2D eigenvalue weighted by Crippen LogP contribution is 2.27. The summed E-state index contributed by atoms with van der Waals surface area (Å²) in [5.41, 5.74) is 2.02. The van der Waals surface area contributed by atoms with Crippen LogP contribution in [0.1, 0.15) is 0 Å². The number of halogens is 2. The van der Waals surface area contributed by atoms with E-state index in [2.05, 4.69) is 4.99 Å². The van der Waals surface area contributed by atoms with Crippen LogP contribution in [-0.4, -0.2) is 13.0 Å². The lowest BCUT2D eigenvalue weighted by Crippen LogP contribution is -2.13. The van der Waals surface area contributed by atoms with Crippen LogP contribution in [0.5, 0.6) is 0 Å². The van der Waals surface area contributed by atoms with E-state index >= 15 is 0 Å². The van der Waals surface area contributed by atoms with Gasteiger partial charge in [0.15, 0.2) is 4.80 Å². The summed E-state index contributed by atoms with van der Waals surface area (Å²) < 4.78 is 38.1. The first-order chi connectivity index (χ1) is 11.8. The highest BCUT2D eigenvalue weighted by atomic mass is 35.5. The van der Waals surface area contributed by atoms with Crippen LogP contribution < -0.4 is 9.94 Å². The summed E-state index contributed by atoms with van der Waals surface area (Å²) in [7, 11) is -2.11. The first-order valence-electron chi connectivity index (χ1n) is 7.03. The molecule has 9 heteroatoms. The third-order valence-corrected chi connectivity index (χ3v) is 5.82. The van der Waals surface area contributed by atoms with Gasteiger partial charge in [-0.3, -0.25) is 0 Å². The lowest BCUT2D eigenvalue weighted by atomic mass is 10.2. The maximum absolute atomic E-state index is 13.0. The number of aromatic nitrogens is 1. The summed E-state index contributed by atoms with van der Waals surface area (Å²) in [6.07, 6.45) is 0. The topological polar surface area (TPSA) is 77.5 Å². The van der Waals surface area contributed by atoms with E-state index in [0.717, 1.165) is 5.69 Å². The van der Waals surface area contributed by atoms with Crippen LogP contribution in [-0.2, 0) is 17.1 Å². The molecule has 5 nitrogen and oxygen atoms in total. The van der Waals surface area contributed by atoms with Gasteiger partial charge in [0.2, 0.25) is 10.0 Å². The smallest absolute Gasteiger partial charge is 0.239 e. The molecule has 0 aliphatic heterocycles. The van der Waals surface area contributed by atoms with E-state index in [1.807, 2.05) is 9.95 Å². The first kappa shape index (κ1) is 17.8. The van der Waals surface area contributed by atoms with Crippen LogP contribution in [0.3, 0.4) is 0 Å². The molecule has 0 unspecified atom stereocenters. The van der Waals surface area contributed by atoms with Crippen molar-refractivity contribution in [3.8, 4) is 11.3 Å². The molecule has 0 saturated carbocycles. The van der Waals surface area contributed by atoms with Gasteiger partial charge in [0.25, 0.3) is 0 Å². The second-order valence-electron chi connectivity index (χ2n) is 5.24. The number of nitrogens with zero attached hydrogens (tertiary/aromatic N) is 2. The normalized spacial score (nSPS) is 12.6. The molecule has 0 atom stereocenters. The fourth-order valence-electron chi connectivity index (χ4n) is 2.24. The molecule has 3 aromatic rings. The third kappa shape index (κ3) is 3.82. The molecule has 0 radical (unpaired) electrons. The highest BCUT2D eigenvalue weighted by molar-refractivity contribution is 7.89. The number of thiazole rings is 1. The van der Waals surface area contributed by atoms with E-state index in [0.29, 0.717) is 16.1 Å². The molecule has 0 spiro atoms. The summed E-state index contributed by atoms with van der Waals surface area (Å²) in [5.74, 6) is -0.327. The maximum atomic E-state index is 13.0. The standard InChI is InChI=1S/C16H13ClFN3O2S2/c1-21-14(10-2-7-13(17)15(8-10)25(19,22)23)9-24-16(21)20-12-5-3-11(18)4-6-12/h2-9H,1H3,(H2,19,22,23)/b20-16+. The zero-order chi connectivity index (χ0) is 18.2. The van der Waals surface area contributed by atoms with Crippen LogP contribution >= 0.6 is 22.9 Å². The minimum atomic E-state index is -3.92. The number of sulfonamides is 1. The monoisotopic (exact) mass is 397 g/mol. The Balaban J connectivity index is 2.09. The van der Waals surface area contributed by atoms with Crippen molar-refractivity contribution in [2.24, 2.45) is 17.2 Å². The first-order valence-corrected chi connectivity index (χ1v) is 9.83. The van der Waals surface area contributed by atoms with Crippen molar-refractivity contribution >= 4 is 38.6 Å². The molecule has 2 N–H and O–H groups in total. The van der Waals surface area contributed by atoms with Gasteiger partial charge in [-0.2, -0.15) is 0 Å². The van der Waals surface area contributed by atoms with Crippen molar-refractivity contribution in [3.05, 3.63) is 63.5 Å². The van der Waals surface area contributed by atoms with Crippen molar-refractivity contribution < 1.29 is 12.8 Å². The Morgan fingerprint density at radius 3 is 2.52 bits per heavy atom. The minimum Gasteiger partial charge on any atom is -0.320 e. The summed E-state index contributed by atoms with van der Waals surface area (Å²) in [6, 6.07) is 10.5. The van der Waals surface area contributed by atoms with Crippen molar-refractivity contribution in [2.45, 2.75) is 4.90 Å². The Bertz CT molecular complexity index is 1100. The molecular weight excluding hydrogens is 385 g/mol. The van der Waals surface area contributed by atoms with Crippen molar-refractivity contribution in [1.29, 1.82) is 0 Å². The molecule has 0 saturated heterocycles. The van der Waals surface area contributed by atoms with Gasteiger partial charge in [-0.05, 0) is 36.4 Å². The van der Waals surface area contributed by atoms with E-state index < -0.39 is 10.0 Å². The average molecular weight is 398 g/mol. The molecular formula is C16H13ClFN3O2S2. The molecule has 0 amide bonds. The summed E-state index contributed by atoms with van der Waals surface area (Å²) in [4.78, 5) is 5.01. The Morgan fingerprint density at radius 2 is 1.88 bits per heavy atom. The quantitative estimate of drug-likeness (QED) is 0.735. The van der Waals surface area contributed by atoms with Crippen LogP contribution in [0.2, 0.25) is 5.02 Å². The molecule has 130 valence electrons. The molecule has 0 aliphatic carbocycles. The molecule has 3 rings (SSSR count). The van der Waals surface area contributed by atoms with Gasteiger partial charge >= 0.3 is 0 Å². The summed E-state index contributed by atoms with van der Waals surface area (Å²) in [5, 5.41) is 7.11. The van der Waals surface area contributed by atoms with E-state index in [-0.39, 0.29) is 15.7 Å². The zero-order valence-electron chi connectivity index (χ0n) is 13.0. The van der Waals surface area contributed by atoms with Gasteiger partial charge in [-0.25, -0.2) is 22.9 Å². The predicted octanol–water partition coefficient (Wildman–Crippen LogP) is 3.43. The Labute approximate surface area is 152 Å². The molecule has 0 fully saturated rings. The van der Waals surface area contributed by atoms with Gasteiger partial charge in [0.05, 0.1) is 16.4 Å². The molecule has 0 aliphatic rings. The number of hydrogen-bond donors (Lipinski definition) is 1. The molecule has 2 aromatic carbocycles. The van der Waals surface area contributed by atoms with E-state index in [1.54, 1.807) is 25.2 Å². The molecule has 0 bridgehead atoms. The number of nitrogens with two attached hydrogens (primary N) is 1. The molecule has 25 heavy (non-hydrogen) atoms. The third-order valence-electron chi connectivity index (χ3n) is 3.51. The minimum absolute atomic E-state index is 0.0698. The lowest BCUT2D eigenvalue weighted by Gasteiger charge is -2.07. The van der Waals surface area contributed by atoms with Gasteiger partial charge in [-0.1, -0.05) is 17.7 Å². The summed E-state index contributed by atoms with van der Waals surface area (Å²) in [6.45, 7) is 0. The van der Waals surface area contributed by atoms with Crippen molar-refractivity contribution in [1.82, 2.24) is 4.57 Å². The van der Waals surface area contributed by atoms with Gasteiger partial charge in [0, 0.05) is 18.0 Å². The largest absolute Gasteiger partial charge is 0.320 e. The fraction of sp³-hybridized carbons (Fsp3) is 0.0625. The highest BCUT2D eigenvalue weighted by Gasteiger charge is 2.15. The van der Waals surface area contributed by atoms with Gasteiger partial charge in [0.1, 0.15) is 10.7 Å². The van der Waals surface area contributed by atoms with Gasteiger partial charge < -0.3 is 4.57 Å². The molecule has 1 aromatic heterocycles. The summed E-state index contributed by atoms with van der Waals surface area (Å²) >= 11 is 7.30. The number of benzene rings is 2. The number of rotatable bonds is 3. The number of hydrogen-bond acceptors (Lipinski definition) is 4. The second-order valence-corrected chi connectivity index (χ2v) is 8.01. The van der Waals surface area contributed by atoms with Crippen LogP contribution in [0.15, 0.2) is 57.7 Å². The fourth-order valence-corrected chi connectivity index (χ4v) is 4.24. The van der Waals surface area contributed by atoms with Gasteiger partial charge in [-0.15, -0.1) is 11.3 Å². The maximum Gasteiger partial charge on any atom is 0.239 e. The van der Waals surface area contributed by atoms with Crippen LogP contribution in [0, 0.1) is 5.82 Å². The van der Waals surface area contributed by atoms with E-state index in [9.17, 15) is 12.8 Å². The number of primary sulfonamides is 1. The lowest BCUT2D eigenvalue weighted by molar-refractivity contribution is 0.598. The Kier molecular flexibility index (Phi) is 4.79. The SMILES string of the molecule is Cn1c(-c2ccc(Cl)c(S(N)(=O)=O)c2)cs/c1=N/c1ccc(F)cc1.